The number of amides is 1. The summed E-state index contributed by atoms with van der Waals surface area (Å²) in [5.41, 5.74) is 2.63. The van der Waals surface area contributed by atoms with E-state index < -0.39 is 0 Å². The van der Waals surface area contributed by atoms with E-state index in [0.29, 0.717) is 18.7 Å². The first-order valence-corrected chi connectivity index (χ1v) is 8.18. The van der Waals surface area contributed by atoms with Crippen LogP contribution in [0.4, 0.5) is 0 Å². The second kappa shape index (κ2) is 7.66. The number of aromatic nitrogens is 2. The van der Waals surface area contributed by atoms with Gasteiger partial charge in [-0.05, 0) is 36.8 Å². The van der Waals surface area contributed by atoms with E-state index in [-0.39, 0.29) is 5.91 Å². The van der Waals surface area contributed by atoms with E-state index in [2.05, 4.69) is 5.10 Å². The normalized spacial score (nSPS) is 10.5. The van der Waals surface area contributed by atoms with Crippen LogP contribution < -0.4 is 4.74 Å². The number of para-hydroxylation sites is 1. The molecule has 3 aromatic rings. The van der Waals surface area contributed by atoms with E-state index in [1.54, 1.807) is 29.0 Å². The van der Waals surface area contributed by atoms with Crippen LogP contribution in [0, 0.1) is 6.92 Å². The Balaban J connectivity index is 1.56. The van der Waals surface area contributed by atoms with E-state index in [1.165, 1.54) is 0 Å². The number of nitrogens with zero attached hydrogens (tertiary/aromatic N) is 3. The number of hydrogen-bond acceptors (Lipinski definition) is 3. The number of rotatable bonds is 6. The smallest absolute Gasteiger partial charge is 0.256 e. The average Bonchev–Trinajstić information content (AvgIpc) is 3.12. The lowest BCUT2D eigenvalue weighted by molar-refractivity contribution is 0.0773. The Hall–Kier alpha value is -3.08. The molecule has 0 saturated carbocycles. The predicted molar refractivity (Wildman–Crippen MR) is 97.2 cm³/mol. The van der Waals surface area contributed by atoms with Gasteiger partial charge in [-0.25, -0.2) is 4.68 Å². The highest BCUT2D eigenvalue weighted by atomic mass is 16.5. The Morgan fingerprint density at radius 2 is 1.96 bits per heavy atom. The van der Waals surface area contributed by atoms with Crippen molar-refractivity contribution in [3.05, 3.63) is 78.1 Å². The minimum absolute atomic E-state index is 0.0741. The molecule has 1 aromatic heterocycles. The van der Waals surface area contributed by atoms with Gasteiger partial charge in [0, 0.05) is 13.2 Å². The Bertz CT molecular complexity index is 843. The third-order valence-corrected chi connectivity index (χ3v) is 3.88. The van der Waals surface area contributed by atoms with E-state index in [9.17, 15) is 4.79 Å². The summed E-state index contributed by atoms with van der Waals surface area (Å²) < 4.78 is 7.40. The minimum Gasteiger partial charge on any atom is -0.492 e. The average molecular weight is 335 g/mol. The number of aryl methyl sites for hydroxylation is 1. The van der Waals surface area contributed by atoms with Gasteiger partial charge in [-0.3, -0.25) is 4.79 Å². The van der Waals surface area contributed by atoms with Gasteiger partial charge in [-0.2, -0.15) is 5.10 Å². The second-order valence-electron chi connectivity index (χ2n) is 5.90. The van der Waals surface area contributed by atoms with Crippen LogP contribution in [0.25, 0.3) is 5.69 Å². The molecule has 0 unspecified atom stereocenters. The molecule has 0 N–H and O–H groups in total. The first-order chi connectivity index (χ1) is 12.1. The largest absolute Gasteiger partial charge is 0.492 e. The highest BCUT2D eigenvalue weighted by Crippen LogP contribution is 2.13. The molecular weight excluding hydrogens is 314 g/mol. The molecule has 5 heteroatoms. The van der Waals surface area contributed by atoms with Crippen molar-refractivity contribution in [2.75, 3.05) is 20.2 Å². The van der Waals surface area contributed by atoms with Crippen molar-refractivity contribution < 1.29 is 9.53 Å². The lowest BCUT2D eigenvalue weighted by Gasteiger charge is -2.16. The van der Waals surface area contributed by atoms with Crippen LogP contribution in [0.5, 0.6) is 5.75 Å². The highest BCUT2D eigenvalue weighted by molar-refractivity contribution is 5.93. The fourth-order valence-corrected chi connectivity index (χ4v) is 2.48. The van der Waals surface area contributed by atoms with Gasteiger partial charge in [0.1, 0.15) is 12.4 Å². The predicted octanol–water partition coefficient (Wildman–Crippen LogP) is 3.33. The molecule has 3 rings (SSSR count). The minimum atomic E-state index is -0.0741. The van der Waals surface area contributed by atoms with Crippen molar-refractivity contribution in [2.24, 2.45) is 0 Å². The molecule has 0 aliphatic heterocycles. The summed E-state index contributed by atoms with van der Waals surface area (Å²) in [6.07, 6.45) is 3.34. The van der Waals surface area contributed by atoms with Gasteiger partial charge in [0.15, 0.2) is 0 Å². The van der Waals surface area contributed by atoms with Crippen molar-refractivity contribution >= 4 is 5.91 Å². The monoisotopic (exact) mass is 335 g/mol. The Morgan fingerprint density at radius 1 is 1.16 bits per heavy atom. The maximum Gasteiger partial charge on any atom is 0.256 e. The third-order valence-electron chi connectivity index (χ3n) is 3.88. The van der Waals surface area contributed by atoms with E-state index in [0.717, 1.165) is 17.0 Å². The lowest BCUT2D eigenvalue weighted by atomic mass is 10.2. The molecule has 2 aromatic carbocycles. The molecule has 0 spiro atoms. The zero-order chi connectivity index (χ0) is 17.6. The summed E-state index contributed by atoms with van der Waals surface area (Å²) in [4.78, 5) is 14.1. The van der Waals surface area contributed by atoms with Crippen molar-refractivity contribution in [3.63, 3.8) is 0 Å². The van der Waals surface area contributed by atoms with Crippen LogP contribution in [0.2, 0.25) is 0 Å². The summed E-state index contributed by atoms with van der Waals surface area (Å²) in [6.45, 7) is 2.97. The summed E-state index contributed by atoms with van der Waals surface area (Å²) in [7, 11) is 1.77. The zero-order valence-electron chi connectivity index (χ0n) is 14.4. The SMILES string of the molecule is Cc1cccc(OCCN(C)C(=O)c2cnn(-c3ccccc3)c2)c1. The van der Waals surface area contributed by atoms with Crippen LogP contribution in [-0.2, 0) is 0 Å². The van der Waals surface area contributed by atoms with E-state index in [4.69, 9.17) is 4.74 Å². The number of carbonyl (C=O) groups excluding carboxylic acids is 1. The number of carbonyl (C=O) groups is 1. The molecule has 0 bridgehead atoms. The number of likely N-dealkylation sites (N-methyl/N-ethyl adjacent to an activating group) is 1. The van der Waals surface area contributed by atoms with Crippen LogP contribution >= 0.6 is 0 Å². The van der Waals surface area contributed by atoms with Gasteiger partial charge in [-0.1, -0.05) is 30.3 Å². The topological polar surface area (TPSA) is 47.4 Å². The molecule has 0 saturated heterocycles. The molecule has 1 amide bonds. The maximum absolute atomic E-state index is 12.5. The van der Waals surface area contributed by atoms with Crippen LogP contribution in [0.1, 0.15) is 15.9 Å². The number of ether oxygens (including phenoxy) is 1. The molecule has 128 valence electrons. The second-order valence-corrected chi connectivity index (χ2v) is 5.90. The maximum atomic E-state index is 12.5. The van der Waals surface area contributed by atoms with Gasteiger partial charge < -0.3 is 9.64 Å². The Morgan fingerprint density at radius 3 is 2.72 bits per heavy atom. The highest BCUT2D eigenvalue weighted by Gasteiger charge is 2.14. The summed E-state index contributed by atoms with van der Waals surface area (Å²) in [5.74, 6) is 0.743. The fourth-order valence-electron chi connectivity index (χ4n) is 2.48. The van der Waals surface area contributed by atoms with E-state index >= 15 is 0 Å². The molecular formula is C20H21N3O2. The molecule has 0 atom stereocenters. The Kier molecular flexibility index (Phi) is 5.14. The first kappa shape index (κ1) is 16.8. The van der Waals surface area contributed by atoms with Crippen LogP contribution in [0.15, 0.2) is 67.0 Å². The molecule has 25 heavy (non-hydrogen) atoms. The summed E-state index contributed by atoms with van der Waals surface area (Å²) in [5, 5.41) is 4.27. The van der Waals surface area contributed by atoms with Crippen LogP contribution in [-0.4, -0.2) is 40.8 Å². The van der Waals surface area contributed by atoms with Gasteiger partial charge in [-0.15, -0.1) is 0 Å². The van der Waals surface area contributed by atoms with E-state index in [1.807, 2.05) is 61.5 Å². The number of hydrogen-bond donors (Lipinski definition) is 0. The van der Waals surface area contributed by atoms with Gasteiger partial charge in [0.05, 0.1) is 24.0 Å². The molecule has 1 heterocycles. The standard InChI is InChI=1S/C20H21N3O2/c1-16-7-6-10-19(13-16)25-12-11-22(2)20(24)17-14-21-23(15-17)18-8-4-3-5-9-18/h3-10,13-15H,11-12H2,1-2H3. The third kappa shape index (κ3) is 4.26. The first-order valence-electron chi connectivity index (χ1n) is 8.18. The van der Waals surface area contributed by atoms with Crippen molar-refractivity contribution in [2.45, 2.75) is 6.92 Å². The van der Waals surface area contributed by atoms with Crippen LogP contribution in [0.3, 0.4) is 0 Å². The molecule has 0 aliphatic carbocycles. The Labute approximate surface area is 147 Å². The molecule has 0 aliphatic rings. The number of benzene rings is 2. The van der Waals surface area contributed by atoms with Gasteiger partial charge >= 0.3 is 0 Å². The zero-order valence-corrected chi connectivity index (χ0v) is 14.4. The molecule has 5 nitrogen and oxygen atoms in total. The van der Waals surface area contributed by atoms with Crippen molar-refractivity contribution in [1.29, 1.82) is 0 Å². The molecule has 0 radical (unpaired) electrons. The summed E-state index contributed by atoms with van der Waals surface area (Å²) >= 11 is 0. The summed E-state index contributed by atoms with van der Waals surface area (Å²) in [6, 6.07) is 17.6. The fraction of sp³-hybridized carbons (Fsp3) is 0.200. The molecule has 0 fully saturated rings. The quantitative estimate of drug-likeness (QED) is 0.694. The van der Waals surface area contributed by atoms with Gasteiger partial charge in [0.2, 0.25) is 0 Å². The lowest BCUT2D eigenvalue weighted by Crippen LogP contribution is -2.30. The van der Waals surface area contributed by atoms with Gasteiger partial charge in [0.25, 0.3) is 5.91 Å². The van der Waals surface area contributed by atoms with Crippen molar-refractivity contribution in [1.82, 2.24) is 14.7 Å². The van der Waals surface area contributed by atoms with Crippen molar-refractivity contribution in [3.8, 4) is 11.4 Å².